The molecule has 0 atom stereocenters. The molecule has 4 heteroatoms. The van der Waals surface area contributed by atoms with E-state index in [0.717, 1.165) is 16.3 Å². The van der Waals surface area contributed by atoms with E-state index >= 15 is 0 Å². The summed E-state index contributed by atoms with van der Waals surface area (Å²) in [6.07, 6.45) is 1.66. The lowest BCUT2D eigenvalue weighted by Crippen LogP contribution is -2.17. The average Bonchev–Trinajstić information content (AvgIpc) is 2.62. The van der Waals surface area contributed by atoms with E-state index in [1.165, 1.54) is 0 Å². The monoisotopic (exact) mass is 304 g/mol. The third-order valence-electron chi connectivity index (χ3n) is 3.55. The molecule has 0 aliphatic heterocycles. The zero-order valence-corrected chi connectivity index (χ0v) is 12.7. The van der Waals surface area contributed by atoms with E-state index in [-0.39, 0.29) is 5.91 Å². The lowest BCUT2D eigenvalue weighted by Gasteiger charge is -2.03. The van der Waals surface area contributed by atoms with Crippen LogP contribution in [0.1, 0.15) is 15.9 Å². The molecule has 0 heterocycles. The van der Waals surface area contributed by atoms with Gasteiger partial charge < -0.3 is 4.74 Å². The highest BCUT2D eigenvalue weighted by Crippen LogP contribution is 2.16. The van der Waals surface area contributed by atoms with Crippen LogP contribution < -0.4 is 10.2 Å². The SMILES string of the molecule is COc1ccc(C(=O)NN=Cc2cccc3ccccc23)cc1. The van der Waals surface area contributed by atoms with Gasteiger partial charge in [-0.2, -0.15) is 5.10 Å². The number of nitrogens with zero attached hydrogens (tertiary/aromatic N) is 1. The molecular weight excluding hydrogens is 288 g/mol. The lowest BCUT2D eigenvalue weighted by atomic mass is 10.1. The predicted octanol–water partition coefficient (Wildman–Crippen LogP) is 3.61. The second-order valence-electron chi connectivity index (χ2n) is 5.00. The number of hydrogen-bond acceptors (Lipinski definition) is 3. The van der Waals surface area contributed by atoms with Crippen molar-refractivity contribution in [1.29, 1.82) is 0 Å². The number of benzene rings is 3. The van der Waals surface area contributed by atoms with Crippen molar-refractivity contribution in [2.45, 2.75) is 0 Å². The Morgan fingerprint density at radius 1 is 1.00 bits per heavy atom. The van der Waals surface area contributed by atoms with Crippen LogP contribution in [0.15, 0.2) is 71.8 Å². The summed E-state index contributed by atoms with van der Waals surface area (Å²) >= 11 is 0. The average molecular weight is 304 g/mol. The topological polar surface area (TPSA) is 50.7 Å². The van der Waals surface area contributed by atoms with Crippen molar-refractivity contribution < 1.29 is 9.53 Å². The number of methoxy groups -OCH3 is 1. The molecule has 0 aliphatic carbocycles. The first kappa shape index (κ1) is 14.8. The maximum Gasteiger partial charge on any atom is 0.271 e. The van der Waals surface area contributed by atoms with E-state index in [0.29, 0.717) is 11.3 Å². The Balaban J connectivity index is 1.73. The fourth-order valence-corrected chi connectivity index (χ4v) is 2.33. The first-order valence-corrected chi connectivity index (χ1v) is 7.23. The number of nitrogens with one attached hydrogen (secondary N) is 1. The molecule has 0 spiro atoms. The fraction of sp³-hybridized carbons (Fsp3) is 0.0526. The highest BCUT2D eigenvalue weighted by molar-refractivity contribution is 6.00. The van der Waals surface area contributed by atoms with Gasteiger partial charge in [0.1, 0.15) is 5.75 Å². The van der Waals surface area contributed by atoms with Crippen LogP contribution in [0.5, 0.6) is 5.75 Å². The molecule has 3 aromatic carbocycles. The fourth-order valence-electron chi connectivity index (χ4n) is 2.33. The number of carbonyl (C=O) groups excluding carboxylic acids is 1. The molecule has 0 fully saturated rings. The molecule has 0 saturated carbocycles. The van der Waals surface area contributed by atoms with E-state index in [1.54, 1.807) is 37.6 Å². The molecule has 0 bridgehead atoms. The highest BCUT2D eigenvalue weighted by Gasteiger charge is 2.04. The standard InChI is InChI=1S/C19H16N2O2/c1-23-17-11-9-15(10-12-17)19(22)21-20-13-16-7-4-6-14-5-2-3-8-18(14)16/h2-13H,1H3,(H,21,22). The summed E-state index contributed by atoms with van der Waals surface area (Å²) in [5.41, 5.74) is 4.02. The molecule has 1 N–H and O–H groups in total. The van der Waals surface area contributed by atoms with E-state index in [1.807, 2.05) is 42.5 Å². The maximum absolute atomic E-state index is 12.0. The van der Waals surface area contributed by atoms with Crippen molar-refractivity contribution in [3.8, 4) is 5.75 Å². The number of amides is 1. The van der Waals surface area contributed by atoms with Crippen LogP contribution in [-0.2, 0) is 0 Å². The summed E-state index contributed by atoms with van der Waals surface area (Å²) in [6.45, 7) is 0. The van der Waals surface area contributed by atoms with Crippen LogP contribution in [0.3, 0.4) is 0 Å². The number of fused-ring (bicyclic) bond motifs is 1. The van der Waals surface area contributed by atoms with Crippen LogP contribution in [0, 0.1) is 0 Å². The van der Waals surface area contributed by atoms with Gasteiger partial charge in [-0.15, -0.1) is 0 Å². The lowest BCUT2D eigenvalue weighted by molar-refractivity contribution is 0.0955. The molecule has 1 amide bonds. The summed E-state index contributed by atoms with van der Waals surface area (Å²) in [5.74, 6) is 0.449. The Kier molecular flexibility index (Phi) is 4.34. The third kappa shape index (κ3) is 3.37. The number of rotatable bonds is 4. The smallest absolute Gasteiger partial charge is 0.271 e. The molecule has 23 heavy (non-hydrogen) atoms. The minimum Gasteiger partial charge on any atom is -0.497 e. The van der Waals surface area contributed by atoms with Gasteiger partial charge in [-0.3, -0.25) is 4.79 Å². The Hall–Kier alpha value is -3.14. The quantitative estimate of drug-likeness (QED) is 0.591. The molecule has 4 nitrogen and oxygen atoms in total. The van der Waals surface area contributed by atoms with Crippen molar-refractivity contribution >= 4 is 22.9 Å². The van der Waals surface area contributed by atoms with Crippen molar-refractivity contribution in [1.82, 2.24) is 5.43 Å². The van der Waals surface area contributed by atoms with Gasteiger partial charge >= 0.3 is 0 Å². The minimum atomic E-state index is -0.260. The van der Waals surface area contributed by atoms with Gasteiger partial charge in [0.2, 0.25) is 0 Å². The van der Waals surface area contributed by atoms with Gasteiger partial charge in [0.25, 0.3) is 5.91 Å². The van der Waals surface area contributed by atoms with E-state index < -0.39 is 0 Å². The second-order valence-corrected chi connectivity index (χ2v) is 5.00. The summed E-state index contributed by atoms with van der Waals surface area (Å²) in [7, 11) is 1.59. The number of ether oxygens (including phenoxy) is 1. The number of carbonyl (C=O) groups is 1. The third-order valence-corrected chi connectivity index (χ3v) is 3.55. The van der Waals surface area contributed by atoms with Crippen LogP contribution in [0.2, 0.25) is 0 Å². The van der Waals surface area contributed by atoms with Crippen molar-refractivity contribution in [3.63, 3.8) is 0 Å². The molecule has 0 radical (unpaired) electrons. The molecular formula is C19H16N2O2. The molecule has 0 aliphatic rings. The maximum atomic E-state index is 12.0. The summed E-state index contributed by atoms with van der Waals surface area (Å²) in [5, 5.41) is 6.29. The summed E-state index contributed by atoms with van der Waals surface area (Å²) < 4.78 is 5.07. The molecule has 3 aromatic rings. The zero-order valence-electron chi connectivity index (χ0n) is 12.7. The number of hydrogen-bond donors (Lipinski definition) is 1. The second kappa shape index (κ2) is 6.75. The Labute approximate surface area is 134 Å². The van der Waals surface area contributed by atoms with Crippen LogP contribution >= 0.6 is 0 Å². The molecule has 0 unspecified atom stereocenters. The Bertz CT molecular complexity index is 849. The van der Waals surface area contributed by atoms with E-state index in [2.05, 4.69) is 10.5 Å². The van der Waals surface area contributed by atoms with Gasteiger partial charge in [-0.05, 0) is 35.0 Å². The number of hydrazone groups is 1. The van der Waals surface area contributed by atoms with Gasteiger partial charge in [0, 0.05) is 11.1 Å². The van der Waals surface area contributed by atoms with Gasteiger partial charge in [-0.25, -0.2) is 5.43 Å². The Morgan fingerprint density at radius 3 is 2.52 bits per heavy atom. The first-order chi connectivity index (χ1) is 11.3. The molecule has 0 saturated heterocycles. The molecule has 114 valence electrons. The zero-order chi connectivity index (χ0) is 16.1. The molecule has 0 aromatic heterocycles. The Morgan fingerprint density at radius 2 is 1.74 bits per heavy atom. The van der Waals surface area contributed by atoms with Crippen molar-refractivity contribution in [2.24, 2.45) is 5.10 Å². The minimum absolute atomic E-state index is 0.260. The van der Waals surface area contributed by atoms with Crippen LogP contribution in [-0.4, -0.2) is 19.2 Å². The van der Waals surface area contributed by atoms with Crippen LogP contribution in [0.25, 0.3) is 10.8 Å². The first-order valence-electron chi connectivity index (χ1n) is 7.23. The van der Waals surface area contributed by atoms with Gasteiger partial charge in [-0.1, -0.05) is 42.5 Å². The normalized spacial score (nSPS) is 10.8. The largest absolute Gasteiger partial charge is 0.497 e. The van der Waals surface area contributed by atoms with E-state index in [9.17, 15) is 4.79 Å². The predicted molar refractivity (Wildman–Crippen MR) is 92.0 cm³/mol. The summed E-state index contributed by atoms with van der Waals surface area (Å²) in [6, 6.07) is 20.9. The highest BCUT2D eigenvalue weighted by atomic mass is 16.5. The summed E-state index contributed by atoms with van der Waals surface area (Å²) in [4.78, 5) is 12.0. The van der Waals surface area contributed by atoms with Gasteiger partial charge in [0.05, 0.1) is 13.3 Å². The van der Waals surface area contributed by atoms with Gasteiger partial charge in [0.15, 0.2) is 0 Å². The van der Waals surface area contributed by atoms with Crippen LogP contribution in [0.4, 0.5) is 0 Å². The van der Waals surface area contributed by atoms with Crippen molar-refractivity contribution in [2.75, 3.05) is 7.11 Å². The molecule has 3 rings (SSSR count). The van der Waals surface area contributed by atoms with E-state index in [4.69, 9.17) is 4.74 Å². The van der Waals surface area contributed by atoms with Crippen molar-refractivity contribution in [3.05, 3.63) is 77.9 Å².